The Balaban J connectivity index is 2.05. The maximum absolute atomic E-state index is 11.7. The minimum atomic E-state index is -0.0786. The largest absolute Gasteiger partial charge is 0.429 e. The lowest BCUT2D eigenvalue weighted by Crippen LogP contribution is -2.28. The molecule has 1 amide bonds. The molecule has 2 aromatic rings. The molecular formula is C18H19ClN2O3S. The Kier molecular flexibility index (Phi) is 6.73. The predicted octanol–water partition coefficient (Wildman–Crippen LogP) is 4.72. The van der Waals surface area contributed by atoms with Gasteiger partial charge >= 0.3 is 0 Å². The van der Waals surface area contributed by atoms with E-state index >= 15 is 0 Å². The smallest absolute Gasteiger partial charge is 0.279 e. The lowest BCUT2D eigenvalue weighted by molar-refractivity contribution is -0.119. The molecule has 1 N–H and O–H groups in total. The molecule has 1 heterocycles. The van der Waals surface area contributed by atoms with Crippen molar-refractivity contribution < 1.29 is 14.3 Å². The first-order valence-corrected chi connectivity index (χ1v) is 9.00. The molecule has 132 valence electrons. The van der Waals surface area contributed by atoms with Crippen LogP contribution in [0.2, 0.25) is 5.02 Å². The maximum atomic E-state index is 11.7. The summed E-state index contributed by atoms with van der Waals surface area (Å²) in [5.74, 6) is 0.402. The van der Waals surface area contributed by atoms with Gasteiger partial charge in [-0.1, -0.05) is 35.9 Å². The molecule has 0 aliphatic carbocycles. The van der Waals surface area contributed by atoms with Crippen LogP contribution in [0, 0.1) is 0 Å². The van der Waals surface area contributed by atoms with Crippen molar-refractivity contribution >= 4 is 40.7 Å². The Morgan fingerprint density at radius 3 is 2.84 bits per heavy atom. The number of ketones is 1. The third kappa shape index (κ3) is 5.69. The summed E-state index contributed by atoms with van der Waals surface area (Å²) in [5, 5.41) is 3.58. The number of Topliss-reactive ketones (excluding diaryl/α,β-unsaturated/α-hetero) is 1. The highest BCUT2D eigenvalue weighted by molar-refractivity contribution is 7.14. The summed E-state index contributed by atoms with van der Waals surface area (Å²) in [4.78, 5) is 27.8. The van der Waals surface area contributed by atoms with Crippen molar-refractivity contribution in [3.05, 3.63) is 45.9 Å². The van der Waals surface area contributed by atoms with Gasteiger partial charge in [-0.3, -0.25) is 9.59 Å². The van der Waals surface area contributed by atoms with Gasteiger partial charge in [-0.05, 0) is 31.2 Å². The molecule has 1 aromatic carbocycles. The molecule has 0 saturated carbocycles. The number of thiazole rings is 1. The van der Waals surface area contributed by atoms with Gasteiger partial charge in [0.05, 0.1) is 9.90 Å². The van der Waals surface area contributed by atoms with E-state index in [9.17, 15) is 9.59 Å². The van der Waals surface area contributed by atoms with Crippen LogP contribution in [0.25, 0.3) is 6.08 Å². The highest BCUT2D eigenvalue weighted by Crippen LogP contribution is 2.33. The molecule has 1 aromatic heterocycles. The van der Waals surface area contributed by atoms with Crippen molar-refractivity contribution in [2.24, 2.45) is 0 Å². The van der Waals surface area contributed by atoms with E-state index in [4.69, 9.17) is 16.3 Å². The number of carbonyl (C=O) groups excluding carboxylic acids is 2. The van der Waals surface area contributed by atoms with Gasteiger partial charge in [0.15, 0.2) is 5.78 Å². The molecular weight excluding hydrogens is 360 g/mol. The Labute approximate surface area is 155 Å². The lowest BCUT2D eigenvalue weighted by atomic mass is 10.1. The number of benzene rings is 1. The van der Waals surface area contributed by atoms with E-state index in [2.05, 4.69) is 10.3 Å². The van der Waals surface area contributed by atoms with Crippen LogP contribution in [-0.2, 0) is 4.79 Å². The minimum Gasteiger partial charge on any atom is -0.429 e. The highest BCUT2D eigenvalue weighted by atomic mass is 35.5. The number of ether oxygens (including phenoxy) is 1. The number of hydrogen-bond donors (Lipinski definition) is 1. The quantitative estimate of drug-likeness (QED) is 0.708. The molecule has 7 heteroatoms. The third-order valence-electron chi connectivity index (χ3n) is 3.25. The number of amides is 1. The number of halogens is 1. The number of nitrogens with zero attached hydrogens (tertiary/aromatic N) is 1. The molecule has 5 nitrogen and oxygen atoms in total. The van der Waals surface area contributed by atoms with Gasteiger partial charge in [0.1, 0.15) is 5.75 Å². The van der Waals surface area contributed by atoms with E-state index in [0.29, 0.717) is 28.0 Å². The summed E-state index contributed by atoms with van der Waals surface area (Å²) >= 11 is 7.54. The van der Waals surface area contributed by atoms with Crippen molar-refractivity contribution in [3.8, 4) is 10.9 Å². The van der Waals surface area contributed by atoms with E-state index in [0.717, 1.165) is 4.88 Å². The topological polar surface area (TPSA) is 68.3 Å². The molecule has 25 heavy (non-hydrogen) atoms. The second-order valence-corrected chi connectivity index (χ2v) is 6.83. The van der Waals surface area contributed by atoms with Gasteiger partial charge in [-0.25, -0.2) is 4.98 Å². The Morgan fingerprint density at radius 1 is 1.44 bits per heavy atom. The fourth-order valence-corrected chi connectivity index (χ4v) is 2.97. The molecule has 0 radical (unpaired) electrons. The van der Waals surface area contributed by atoms with Gasteiger partial charge in [0.2, 0.25) is 5.91 Å². The average Bonchev–Trinajstić information content (AvgIpc) is 3.01. The summed E-state index contributed by atoms with van der Waals surface area (Å²) in [6, 6.07) is 4.89. The average molecular weight is 379 g/mol. The number of aromatic nitrogens is 1. The van der Waals surface area contributed by atoms with Gasteiger partial charge in [-0.2, -0.15) is 0 Å². The molecule has 0 unspecified atom stereocenters. The maximum Gasteiger partial charge on any atom is 0.279 e. The zero-order valence-electron chi connectivity index (χ0n) is 14.2. The Hall–Kier alpha value is -2.18. The summed E-state index contributed by atoms with van der Waals surface area (Å²) < 4.78 is 5.69. The lowest BCUT2D eigenvalue weighted by Gasteiger charge is -2.06. The van der Waals surface area contributed by atoms with Crippen LogP contribution in [0.4, 0.5) is 0 Å². The van der Waals surface area contributed by atoms with Crippen molar-refractivity contribution in [1.82, 2.24) is 10.3 Å². The van der Waals surface area contributed by atoms with Crippen LogP contribution in [0.15, 0.2) is 30.5 Å². The zero-order valence-corrected chi connectivity index (χ0v) is 15.8. The normalized spacial score (nSPS) is 12.2. The molecule has 0 bridgehead atoms. The van der Waals surface area contributed by atoms with Crippen LogP contribution in [0.1, 0.15) is 42.4 Å². The molecule has 2 rings (SSSR count). The van der Waals surface area contributed by atoms with Crippen LogP contribution >= 0.6 is 22.9 Å². The first kappa shape index (κ1) is 19.1. The highest BCUT2D eigenvalue weighted by Gasteiger charge is 2.10. The van der Waals surface area contributed by atoms with Crippen LogP contribution in [0.3, 0.4) is 0 Å². The van der Waals surface area contributed by atoms with Gasteiger partial charge < -0.3 is 10.1 Å². The van der Waals surface area contributed by atoms with E-state index in [-0.39, 0.29) is 17.7 Å². The van der Waals surface area contributed by atoms with Crippen molar-refractivity contribution in [3.63, 3.8) is 0 Å². The number of nitrogens with one attached hydrogen (secondary N) is 1. The summed E-state index contributed by atoms with van der Waals surface area (Å²) in [7, 11) is 0. The molecule has 1 atom stereocenters. The number of carbonyl (C=O) groups is 2. The first-order chi connectivity index (χ1) is 11.9. The third-order valence-corrected chi connectivity index (χ3v) is 4.39. The number of hydrogen-bond acceptors (Lipinski definition) is 5. The van der Waals surface area contributed by atoms with E-state index in [1.54, 1.807) is 31.3 Å². The van der Waals surface area contributed by atoms with Gasteiger partial charge in [-0.15, -0.1) is 0 Å². The van der Waals surface area contributed by atoms with E-state index < -0.39 is 0 Å². The Morgan fingerprint density at radius 2 is 2.20 bits per heavy atom. The Bertz CT molecular complexity index is 801. The summed E-state index contributed by atoms with van der Waals surface area (Å²) in [6.07, 6.45) is 5.85. The zero-order chi connectivity index (χ0) is 18.4. The summed E-state index contributed by atoms with van der Waals surface area (Å²) in [6.45, 7) is 5.17. The fraction of sp³-hybridized carbons (Fsp3) is 0.278. The van der Waals surface area contributed by atoms with E-state index in [1.165, 1.54) is 18.3 Å². The standard InChI is InChI=1S/C18H19ClN2O3S/c1-4-16(23)13-6-8-17(15(19)9-13)24-18-20-10-14(25-18)7-5-11(2)21-12(3)22/h5-11H,4H2,1-3H3,(H,21,22)/t11-/m0/s1. The SMILES string of the molecule is CCC(=O)c1ccc(Oc2ncc(C=C[C@H](C)NC(C)=O)s2)c(Cl)c1. The van der Waals surface area contributed by atoms with Gasteiger partial charge in [0.25, 0.3) is 5.19 Å². The van der Waals surface area contributed by atoms with Crippen LogP contribution < -0.4 is 10.1 Å². The molecule has 0 spiro atoms. The van der Waals surface area contributed by atoms with Crippen LogP contribution in [-0.4, -0.2) is 22.7 Å². The monoisotopic (exact) mass is 378 g/mol. The van der Waals surface area contributed by atoms with Crippen molar-refractivity contribution in [2.75, 3.05) is 0 Å². The summed E-state index contributed by atoms with van der Waals surface area (Å²) in [5.41, 5.74) is 0.564. The van der Waals surface area contributed by atoms with Crippen molar-refractivity contribution in [1.29, 1.82) is 0 Å². The minimum absolute atomic E-state index is 0.0309. The van der Waals surface area contributed by atoms with Crippen LogP contribution in [0.5, 0.6) is 10.9 Å². The number of rotatable bonds is 7. The molecule has 0 aliphatic rings. The second kappa shape index (κ2) is 8.78. The predicted molar refractivity (Wildman–Crippen MR) is 101 cm³/mol. The molecule has 0 aliphatic heterocycles. The molecule has 0 saturated heterocycles. The fourth-order valence-electron chi connectivity index (χ4n) is 2.06. The molecule has 0 fully saturated rings. The van der Waals surface area contributed by atoms with E-state index in [1.807, 2.05) is 19.1 Å². The van der Waals surface area contributed by atoms with Crippen molar-refractivity contribution in [2.45, 2.75) is 33.2 Å². The first-order valence-electron chi connectivity index (χ1n) is 7.80. The van der Waals surface area contributed by atoms with Gasteiger partial charge in [0, 0.05) is 31.1 Å². The second-order valence-electron chi connectivity index (χ2n) is 5.40.